The predicted octanol–water partition coefficient (Wildman–Crippen LogP) is 1.000. The van der Waals surface area contributed by atoms with Gasteiger partial charge in [0.25, 0.3) is 0 Å². The zero-order chi connectivity index (χ0) is 9.41. The zero-order valence-corrected chi connectivity index (χ0v) is 7.77. The van der Waals surface area contributed by atoms with Gasteiger partial charge in [0.15, 0.2) is 0 Å². The van der Waals surface area contributed by atoms with Gasteiger partial charge >= 0.3 is 0 Å². The smallest absolute Gasteiger partial charge is 0.137 e. The number of carbonyl (C=O) groups is 1. The summed E-state index contributed by atoms with van der Waals surface area (Å²) in [5.41, 5.74) is -0.904. The van der Waals surface area contributed by atoms with Gasteiger partial charge in [0.2, 0.25) is 0 Å². The minimum absolute atomic E-state index is 0.169. The molecule has 1 unspecified atom stereocenters. The first-order valence-corrected chi connectivity index (χ1v) is 4.09. The monoisotopic (exact) mass is 166 g/mol. The lowest BCUT2D eigenvalue weighted by atomic mass is 9.82. The van der Waals surface area contributed by atoms with Crippen LogP contribution in [0.4, 0.5) is 0 Å². The number of rotatable bonds is 0. The molecule has 1 aliphatic rings. The van der Waals surface area contributed by atoms with E-state index in [0.717, 1.165) is 0 Å². The molecule has 0 aromatic carbocycles. The van der Waals surface area contributed by atoms with Crippen molar-refractivity contribution in [1.29, 1.82) is 5.26 Å². The lowest BCUT2D eigenvalue weighted by Gasteiger charge is -2.39. The molecular weight excluding hydrogens is 152 g/mol. The number of nitriles is 1. The quantitative estimate of drug-likeness (QED) is 0.584. The van der Waals surface area contributed by atoms with Gasteiger partial charge < -0.3 is 0 Å². The van der Waals surface area contributed by atoms with Crippen molar-refractivity contribution in [2.75, 3.05) is 0 Å². The van der Waals surface area contributed by atoms with Crippen LogP contribution in [0.5, 0.6) is 0 Å². The Morgan fingerprint density at radius 2 is 2.00 bits per heavy atom. The second kappa shape index (κ2) is 2.56. The third kappa shape index (κ3) is 1.83. The van der Waals surface area contributed by atoms with E-state index in [1.807, 2.05) is 13.8 Å². The van der Waals surface area contributed by atoms with Gasteiger partial charge in [0, 0.05) is 18.4 Å². The third-order valence-corrected chi connectivity index (χ3v) is 2.05. The minimum atomic E-state index is -0.668. The molecule has 1 fully saturated rings. The van der Waals surface area contributed by atoms with Crippen LogP contribution in [-0.4, -0.2) is 16.9 Å². The summed E-state index contributed by atoms with van der Waals surface area (Å²) in [5, 5.41) is 12.0. The fourth-order valence-corrected chi connectivity index (χ4v) is 1.85. The summed E-state index contributed by atoms with van der Waals surface area (Å²) >= 11 is 0. The van der Waals surface area contributed by atoms with Gasteiger partial charge in [-0.1, -0.05) is 0 Å². The number of nitrogens with one attached hydrogen (secondary N) is 1. The summed E-state index contributed by atoms with van der Waals surface area (Å²) in [6, 6.07) is 2.13. The molecule has 1 N–H and O–H groups in total. The van der Waals surface area contributed by atoms with Crippen LogP contribution < -0.4 is 5.32 Å². The first kappa shape index (κ1) is 9.21. The van der Waals surface area contributed by atoms with E-state index < -0.39 is 5.54 Å². The lowest BCUT2D eigenvalue weighted by molar-refractivity contribution is -0.123. The normalized spacial score (nSPS) is 34.3. The Morgan fingerprint density at radius 1 is 1.42 bits per heavy atom. The fraction of sp³-hybridized carbons (Fsp3) is 0.778. The molecule has 1 rings (SSSR count). The predicted molar refractivity (Wildman–Crippen MR) is 45.5 cm³/mol. The lowest BCUT2D eigenvalue weighted by Crippen LogP contribution is -2.58. The van der Waals surface area contributed by atoms with Crippen molar-refractivity contribution in [3.05, 3.63) is 0 Å². The Kier molecular flexibility index (Phi) is 1.97. The maximum Gasteiger partial charge on any atom is 0.137 e. The Labute approximate surface area is 72.8 Å². The maximum atomic E-state index is 11.3. The molecule has 12 heavy (non-hydrogen) atoms. The highest BCUT2D eigenvalue weighted by Gasteiger charge is 2.39. The summed E-state index contributed by atoms with van der Waals surface area (Å²) in [6.45, 7) is 5.66. The molecule has 3 heteroatoms. The highest BCUT2D eigenvalue weighted by Crippen LogP contribution is 2.25. The van der Waals surface area contributed by atoms with E-state index >= 15 is 0 Å². The van der Waals surface area contributed by atoms with E-state index in [4.69, 9.17) is 5.26 Å². The molecule has 1 atom stereocenters. The van der Waals surface area contributed by atoms with Crippen LogP contribution in [0.2, 0.25) is 0 Å². The summed E-state index contributed by atoms with van der Waals surface area (Å²) in [4.78, 5) is 11.3. The van der Waals surface area contributed by atoms with E-state index in [2.05, 4.69) is 11.4 Å². The largest absolute Gasteiger partial charge is 0.300 e. The van der Waals surface area contributed by atoms with Crippen molar-refractivity contribution in [1.82, 2.24) is 5.32 Å². The Bertz CT molecular complexity index is 252. The second-order valence-corrected chi connectivity index (χ2v) is 4.35. The summed E-state index contributed by atoms with van der Waals surface area (Å²) in [6.07, 6.45) is 0.844. The molecule has 3 nitrogen and oxygen atoms in total. The molecule has 0 radical (unpaired) electrons. The molecular formula is C9H14N2O. The Morgan fingerprint density at radius 3 is 2.42 bits per heavy atom. The van der Waals surface area contributed by atoms with E-state index in [1.54, 1.807) is 6.92 Å². The van der Waals surface area contributed by atoms with Crippen LogP contribution in [0.25, 0.3) is 0 Å². The first-order valence-electron chi connectivity index (χ1n) is 4.09. The SMILES string of the molecule is CC1(C)CC(=O)CC(C)(C#N)N1. The van der Waals surface area contributed by atoms with Crippen LogP contribution in [0.15, 0.2) is 0 Å². The maximum absolute atomic E-state index is 11.3. The van der Waals surface area contributed by atoms with Crippen LogP contribution in [0.3, 0.4) is 0 Å². The van der Waals surface area contributed by atoms with Gasteiger partial charge in [-0.2, -0.15) is 5.26 Å². The molecule has 1 heterocycles. The average Bonchev–Trinajstić information content (AvgIpc) is 1.82. The standard InChI is InChI=1S/C9H14N2O/c1-8(2)4-7(12)5-9(3,6-10)11-8/h11H,4-5H2,1-3H3. The van der Waals surface area contributed by atoms with Crippen LogP contribution >= 0.6 is 0 Å². The van der Waals surface area contributed by atoms with Gasteiger partial charge in [0.1, 0.15) is 11.3 Å². The summed E-state index contributed by atoms with van der Waals surface area (Å²) < 4.78 is 0. The van der Waals surface area contributed by atoms with Crippen LogP contribution in [0, 0.1) is 11.3 Å². The number of piperidine rings is 1. The van der Waals surface area contributed by atoms with Gasteiger partial charge in [-0.15, -0.1) is 0 Å². The van der Waals surface area contributed by atoms with Gasteiger partial charge in [-0.05, 0) is 20.8 Å². The van der Waals surface area contributed by atoms with Gasteiger partial charge in [-0.25, -0.2) is 0 Å². The summed E-state index contributed by atoms with van der Waals surface area (Å²) in [7, 11) is 0. The van der Waals surface area contributed by atoms with Crippen molar-refractivity contribution >= 4 is 5.78 Å². The van der Waals surface area contributed by atoms with Crippen molar-refractivity contribution in [2.24, 2.45) is 0 Å². The molecule has 0 aromatic heterocycles. The van der Waals surface area contributed by atoms with Crippen molar-refractivity contribution in [3.8, 4) is 6.07 Å². The fourth-order valence-electron chi connectivity index (χ4n) is 1.85. The highest BCUT2D eigenvalue weighted by molar-refractivity contribution is 5.82. The molecule has 0 bridgehead atoms. The minimum Gasteiger partial charge on any atom is -0.300 e. The van der Waals surface area contributed by atoms with Gasteiger partial charge in [0.05, 0.1) is 6.07 Å². The third-order valence-electron chi connectivity index (χ3n) is 2.05. The number of nitrogens with zero attached hydrogens (tertiary/aromatic N) is 1. The molecule has 0 saturated carbocycles. The molecule has 1 saturated heterocycles. The van der Waals surface area contributed by atoms with Crippen LogP contribution in [0.1, 0.15) is 33.6 Å². The highest BCUT2D eigenvalue weighted by atomic mass is 16.1. The van der Waals surface area contributed by atoms with E-state index in [1.165, 1.54) is 0 Å². The topological polar surface area (TPSA) is 52.9 Å². The van der Waals surface area contributed by atoms with Crippen LogP contribution in [-0.2, 0) is 4.79 Å². The van der Waals surface area contributed by atoms with E-state index in [9.17, 15) is 4.79 Å². The summed E-state index contributed by atoms with van der Waals surface area (Å²) in [5.74, 6) is 0.169. The first-order chi connectivity index (χ1) is 5.37. The van der Waals surface area contributed by atoms with Crippen molar-refractivity contribution in [3.63, 3.8) is 0 Å². The Hall–Kier alpha value is -0.880. The number of hydrogen-bond donors (Lipinski definition) is 1. The number of ketones is 1. The molecule has 66 valence electrons. The molecule has 0 spiro atoms. The molecule has 0 aromatic rings. The van der Waals surface area contributed by atoms with E-state index in [-0.39, 0.29) is 11.3 Å². The number of Topliss-reactive ketones (excluding diaryl/α,β-unsaturated/α-hetero) is 1. The zero-order valence-electron chi connectivity index (χ0n) is 7.77. The molecule has 0 amide bonds. The molecule has 1 aliphatic heterocycles. The average molecular weight is 166 g/mol. The molecule has 0 aliphatic carbocycles. The number of hydrogen-bond acceptors (Lipinski definition) is 3. The number of carbonyl (C=O) groups excluding carboxylic acids is 1. The second-order valence-electron chi connectivity index (χ2n) is 4.35. The van der Waals surface area contributed by atoms with Crippen molar-refractivity contribution < 1.29 is 4.79 Å². The Balaban J connectivity index is 2.86. The van der Waals surface area contributed by atoms with E-state index in [0.29, 0.717) is 12.8 Å². The van der Waals surface area contributed by atoms with Gasteiger partial charge in [-0.3, -0.25) is 10.1 Å². The van der Waals surface area contributed by atoms with Crippen molar-refractivity contribution in [2.45, 2.75) is 44.7 Å².